The Balaban J connectivity index is 1.80. The zero-order valence-electron chi connectivity index (χ0n) is 13.4. The maximum absolute atomic E-state index is 11.9. The zero-order valence-corrected chi connectivity index (χ0v) is 14.2. The van der Waals surface area contributed by atoms with Crippen LogP contribution in [0.1, 0.15) is 44.1 Å². The fourth-order valence-corrected chi connectivity index (χ4v) is 2.95. The number of amides is 1. The number of nitro groups is 1. The smallest absolute Gasteiger partial charge is 0.269 e. The third kappa shape index (κ3) is 6.08. The summed E-state index contributed by atoms with van der Waals surface area (Å²) in [5.41, 5.74) is 0.726. The summed E-state index contributed by atoms with van der Waals surface area (Å²) in [4.78, 5) is 22.0. The van der Waals surface area contributed by atoms with Crippen LogP contribution >= 0.6 is 12.2 Å². The number of carbonyl (C=O) groups excluding carboxylic acids is 1. The lowest BCUT2D eigenvalue weighted by Crippen LogP contribution is -2.43. The topological polar surface area (TPSA) is 84.3 Å². The Hall–Kier alpha value is -2.28. The first-order valence-corrected chi connectivity index (χ1v) is 8.49. The lowest BCUT2D eigenvalue weighted by Gasteiger charge is -2.17. The van der Waals surface area contributed by atoms with Gasteiger partial charge in [0.1, 0.15) is 0 Å². The average Bonchev–Trinajstić information content (AvgIpc) is 2.81. The molecule has 0 unspecified atom stereocenters. The molecule has 1 amide bonds. The highest BCUT2D eigenvalue weighted by Crippen LogP contribution is 2.17. The molecule has 6 nitrogen and oxygen atoms in total. The summed E-state index contributed by atoms with van der Waals surface area (Å²) >= 11 is 5.18. The van der Waals surface area contributed by atoms with Gasteiger partial charge in [-0.2, -0.15) is 0 Å². The third-order valence-electron chi connectivity index (χ3n) is 3.96. The number of hydrogen-bond donors (Lipinski definition) is 2. The van der Waals surface area contributed by atoms with Crippen molar-refractivity contribution in [1.82, 2.24) is 10.6 Å². The van der Waals surface area contributed by atoms with E-state index in [1.165, 1.54) is 43.9 Å². The number of nitrogens with zero attached hydrogens (tertiary/aromatic N) is 1. The Morgan fingerprint density at radius 3 is 2.38 bits per heavy atom. The summed E-state index contributed by atoms with van der Waals surface area (Å²) < 4.78 is 0. The van der Waals surface area contributed by atoms with Gasteiger partial charge in [-0.25, -0.2) is 0 Å². The van der Waals surface area contributed by atoms with Crippen molar-refractivity contribution < 1.29 is 9.72 Å². The number of nitro benzene ring substituents is 1. The normalized spacial score (nSPS) is 15.7. The average molecular weight is 347 g/mol. The third-order valence-corrected chi connectivity index (χ3v) is 4.18. The Labute approximate surface area is 146 Å². The molecule has 24 heavy (non-hydrogen) atoms. The molecule has 1 aliphatic carbocycles. The van der Waals surface area contributed by atoms with Crippen molar-refractivity contribution in [3.63, 3.8) is 0 Å². The lowest BCUT2D eigenvalue weighted by molar-refractivity contribution is -0.384. The van der Waals surface area contributed by atoms with E-state index in [1.807, 2.05) is 0 Å². The van der Waals surface area contributed by atoms with Crippen LogP contribution in [-0.4, -0.2) is 22.0 Å². The van der Waals surface area contributed by atoms with E-state index in [-0.39, 0.29) is 11.6 Å². The van der Waals surface area contributed by atoms with Crippen LogP contribution in [0.15, 0.2) is 30.3 Å². The first-order valence-electron chi connectivity index (χ1n) is 8.08. The molecule has 0 atom stereocenters. The van der Waals surface area contributed by atoms with Crippen LogP contribution < -0.4 is 10.6 Å². The van der Waals surface area contributed by atoms with Gasteiger partial charge in [0.15, 0.2) is 5.11 Å². The summed E-state index contributed by atoms with van der Waals surface area (Å²) in [6.07, 6.45) is 10.0. The summed E-state index contributed by atoms with van der Waals surface area (Å²) in [5.74, 6) is -0.320. The Kier molecular flexibility index (Phi) is 6.87. The van der Waals surface area contributed by atoms with Crippen LogP contribution in [0, 0.1) is 10.1 Å². The van der Waals surface area contributed by atoms with Crippen molar-refractivity contribution in [2.45, 2.75) is 44.6 Å². The Morgan fingerprint density at radius 1 is 1.17 bits per heavy atom. The van der Waals surface area contributed by atoms with Gasteiger partial charge in [-0.05, 0) is 48.8 Å². The van der Waals surface area contributed by atoms with E-state index >= 15 is 0 Å². The minimum atomic E-state index is -0.461. The second-order valence-corrected chi connectivity index (χ2v) is 6.24. The standard InChI is InChI=1S/C17H21N3O3S/c21-16(12-9-13-7-10-15(11-8-13)20(22)23)19-17(24)18-14-5-3-1-2-4-6-14/h7-12,14H,1-6H2,(H2,18,19,21,24)/b12-9+. The van der Waals surface area contributed by atoms with E-state index < -0.39 is 4.92 Å². The van der Waals surface area contributed by atoms with Crippen LogP contribution in [0.2, 0.25) is 0 Å². The molecule has 2 rings (SSSR count). The van der Waals surface area contributed by atoms with Crippen LogP contribution in [-0.2, 0) is 4.79 Å². The molecule has 1 aliphatic rings. The number of benzene rings is 1. The Morgan fingerprint density at radius 2 is 1.79 bits per heavy atom. The minimum Gasteiger partial charge on any atom is -0.360 e. The molecule has 0 heterocycles. The number of hydrogen-bond acceptors (Lipinski definition) is 4. The van der Waals surface area contributed by atoms with Crippen molar-refractivity contribution in [1.29, 1.82) is 0 Å². The number of carbonyl (C=O) groups is 1. The van der Waals surface area contributed by atoms with Gasteiger partial charge in [-0.3, -0.25) is 20.2 Å². The largest absolute Gasteiger partial charge is 0.360 e. The van der Waals surface area contributed by atoms with E-state index in [0.29, 0.717) is 16.7 Å². The molecular formula is C17H21N3O3S. The molecule has 2 N–H and O–H groups in total. The highest BCUT2D eigenvalue weighted by Gasteiger charge is 2.13. The summed E-state index contributed by atoms with van der Waals surface area (Å²) in [6, 6.07) is 6.30. The molecule has 0 spiro atoms. The molecule has 128 valence electrons. The van der Waals surface area contributed by atoms with Gasteiger partial charge in [-0.1, -0.05) is 25.7 Å². The quantitative estimate of drug-likeness (QED) is 0.287. The SMILES string of the molecule is O=C(/C=C/c1ccc([N+](=O)[O-])cc1)NC(=S)NC1CCCCCC1. The minimum absolute atomic E-state index is 0.0189. The van der Waals surface area contributed by atoms with Crippen molar-refractivity contribution in [3.05, 3.63) is 46.0 Å². The van der Waals surface area contributed by atoms with Crippen LogP contribution in [0.3, 0.4) is 0 Å². The predicted molar refractivity (Wildman–Crippen MR) is 97.5 cm³/mol. The number of rotatable bonds is 4. The van der Waals surface area contributed by atoms with Gasteiger partial charge in [0, 0.05) is 24.3 Å². The first kappa shape index (κ1) is 18.1. The van der Waals surface area contributed by atoms with E-state index in [9.17, 15) is 14.9 Å². The Bertz CT molecular complexity index is 620. The highest BCUT2D eigenvalue weighted by molar-refractivity contribution is 7.80. The van der Waals surface area contributed by atoms with Gasteiger partial charge in [0.05, 0.1) is 4.92 Å². The zero-order chi connectivity index (χ0) is 17.4. The summed E-state index contributed by atoms with van der Waals surface area (Å²) in [6.45, 7) is 0. The maximum atomic E-state index is 11.9. The van der Waals surface area contributed by atoms with Gasteiger partial charge in [0.25, 0.3) is 5.69 Å². The first-order chi connectivity index (χ1) is 11.5. The lowest BCUT2D eigenvalue weighted by atomic mass is 10.1. The number of non-ortho nitro benzene ring substituents is 1. The molecule has 0 bridgehead atoms. The predicted octanol–water partition coefficient (Wildman–Crippen LogP) is 3.32. The molecule has 7 heteroatoms. The number of nitrogens with one attached hydrogen (secondary N) is 2. The molecule has 1 aromatic carbocycles. The van der Waals surface area contributed by atoms with Crippen LogP contribution in [0.5, 0.6) is 0 Å². The van der Waals surface area contributed by atoms with E-state index in [1.54, 1.807) is 18.2 Å². The van der Waals surface area contributed by atoms with E-state index in [4.69, 9.17) is 12.2 Å². The molecule has 0 saturated heterocycles. The van der Waals surface area contributed by atoms with Crippen LogP contribution in [0.4, 0.5) is 5.69 Å². The molecule has 0 aliphatic heterocycles. The molecule has 0 aromatic heterocycles. The fraction of sp³-hybridized carbons (Fsp3) is 0.412. The maximum Gasteiger partial charge on any atom is 0.269 e. The van der Waals surface area contributed by atoms with Gasteiger partial charge < -0.3 is 5.32 Å². The molecule has 1 saturated carbocycles. The highest BCUT2D eigenvalue weighted by atomic mass is 32.1. The molecular weight excluding hydrogens is 326 g/mol. The number of thiocarbonyl (C=S) groups is 1. The van der Waals surface area contributed by atoms with Crippen LogP contribution in [0.25, 0.3) is 6.08 Å². The van der Waals surface area contributed by atoms with Crippen molar-refractivity contribution in [3.8, 4) is 0 Å². The molecule has 1 aromatic rings. The van der Waals surface area contributed by atoms with E-state index in [2.05, 4.69) is 10.6 Å². The van der Waals surface area contributed by atoms with Gasteiger partial charge in [-0.15, -0.1) is 0 Å². The summed E-state index contributed by atoms with van der Waals surface area (Å²) in [5, 5.41) is 16.8. The van der Waals surface area contributed by atoms with Gasteiger partial charge >= 0.3 is 0 Å². The molecule has 1 fully saturated rings. The van der Waals surface area contributed by atoms with Crippen molar-refractivity contribution >= 4 is 35.0 Å². The second-order valence-electron chi connectivity index (χ2n) is 5.83. The van der Waals surface area contributed by atoms with Crippen molar-refractivity contribution in [2.24, 2.45) is 0 Å². The molecule has 0 radical (unpaired) electrons. The van der Waals surface area contributed by atoms with Gasteiger partial charge in [0.2, 0.25) is 5.91 Å². The monoisotopic (exact) mass is 347 g/mol. The van der Waals surface area contributed by atoms with Crippen molar-refractivity contribution in [2.75, 3.05) is 0 Å². The fourth-order valence-electron chi connectivity index (χ4n) is 2.68. The second kappa shape index (κ2) is 9.12. The van der Waals surface area contributed by atoms with E-state index in [0.717, 1.165) is 12.8 Å². The summed E-state index contributed by atoms with van der Waals surface area (Å²) in [7, 11) is 0.